The van der Waals surface area contributed by atoms with Gasteiger partial charge in [0.05, 0.1) is 0 Å². The SMILES string of the molecule is C\C=C/C=C\C(=C/C)NC(=O)CCCCCCC(=O)NO. The van der Waals surface area contributed by atoms with Crippen molar-refractivity contribution in [1.29, 1.82) is 0 Å². The summed E-state index contributed by atoms with van der Waals surface area (Å²) in [7, 11) is 0. The highest BCUT2D eigenvalue weighted by Gasteiger charge is 2.03. The standard InChI is InChI=1S/C16H26N2O3/c1-3-5-8-11-14(4-2)17-15(19)12-9-6-7-10-13-16(20)18-21/h3-5,8,11,21H,6-7,9-10,12-13H2,1-2H3,(H,17,19)(H,18,20)/b5-3-,11-8-,14-4+. The first-order valence-electron chi connectivity index (χ1n) is 7.32. The molecule has 0 heterocycles. The Balaban J connectivity index is 3.77. The molecular formula is C16H26N2O3. The molecule has 5 nitrogen and oxygen atoms in total. The van der Waals surface area contributed by atoms with Gasteiger partial charge in [0.1, 0.15) is 0 Å². The van der Waals surface area contributed by atoms with Gasteiger partial charge in [0.25, 0.3) is 0 Å². The van der Waals surface area contributed by atoms with Crippen LogP contribution >= 0.6 is 0 Å². The zero-order valence-corrected chi connectivity index (χ0v) is 12.9. The molecule has 5 heteroatoms. The number of unbranched alkanes of at least 4 members (excludes halogenated alkanes) is 3. The van der Waals surface area contributed by atoms with Crippen molar-refractivity contribution in [2.75, 3.05) is 0 Å². The van der Waals surface area contributed by atoms with Crippen LogP contribution in [0.1, 0.15) is 52.4 Å². The lowest BCUT2D eigenvalue weighted by molar-refractivity contribution is -0.129. The molecule has 3 N–H and O–H groups in total. The van der Waals surface area contributed by atoms with Gasteiger partial charge in [0.2, 0.25) is 11.8 Å². The van der Waals surface area contributed by atoms with Crippen LogP contribution in [0.15, 0.2) is 36.1 Å². The highest BCUT2D eigenvalue weighted by molar-refractivity contribution is 5.78. The van der Waals surface area contributed by atoms with Crippen molar-refractivity contribution in [3.8, 4) is 0 Å². The van der Waals surface area contributed by atoms with Crippen molar-refractivity contribution in [3.05, 3.63) is 36.1 Å². The predicted octanol–water partition coefficient (Wildman–Crippen LogP) is 2.98. The molecule has 0 saturated heterocycles. The summed E-state index contributed by atoms with van der Waals surface area (Å²) in [5.74, 6) is -0.361. The molecule has 21 heavy (non-hydrogen) atoms. The van der Waals surface area contributed by atoms with Crippen LogP contribution in [0.25, 0.3) is 0 Å². The summed E-state index contributed by atoms with van der Waals surface area (Å²) in [5, 5.41) is 11.2. The normalized spacial score (nSPS) is 12.0. The van der Waals surface area contributed by atoms with Gasteiger partial charge >= 0.3 is 0 Å². The van der Waals surface area contributed by atoms with E-state index in [1.807, 2.05) is 44.2 Å². The third-order valence-electron chi connectivity index (χ3n) is 2.86. The Morgan fingerprint density at radius 2 is 1.57 bits per heavy atom. The van der Waals surface area contributed by atoms with Crippen LogP contribution in [0.3, 0.4) is 0 Å². The fourth-order valence-corrected chi connectivity index (χ4v) is 1.68. The lowest BCUT2D eigenvalue weighted by atomic mass is 10.1. The second kappa shape index (κ2) is 13.1. The van der Waals surface area contributed by atoms with Crippen molar-refractivity contribution >= 4 is 11.8 Å². The Hall–Kier alpha value is -1.88. The predicted molar refractivity (Wildman–Crippen MR) is 83.5 cm³/mol. The van der Waals surface area contributed by atoms with Gasteiger partial charge in [-0.05, 0) is 32.8 Å². The fraction of sp³-hybridized carbons (Fsp3) is 0.500. The van der Waals surface area contributed by atoms with Gasteiger partial charge in [-0.1, -0.05) is 37.1 Å². The number of hydrogen-bond donors (Lipinski definition) is 3. The maximum absolute atomic E-state index is 11.7. The second-order valence-corrected chi connectivity index (χ2v) is 4.63. The minimum Gasteiger partial charge on any atom is -0.326 e. The van der Waals surface area contributed by atoms with Gasteiger partial charge in [-0.15, -0.1) is 0 Å². The Morgan fingerprint density at radius 3 is 2.10 bits per heavy atom. The largest absolute Gasteiger partial charge is 0.326 e. The van der Waals surface area contributed by atoms with Crippen LogP contribution in [0, 0.1) is 0 Å². The topological polar surface area (TPSA) is 78.4 Å². The molecule has 0 aromatic rings. The van der Waals surface area contributed by atoms with E-state index in [-0.39, 0.29) is 11.8 Å². The summed E-state index contributed by atoms with van der Waals surface area (Å²) in [5.41, 5.74) is 2.39. The molecule has 118 valence electrons. The molecule has 0 unspecified atom stereocenters. The first-order chi connectivity index (χ1) is 10.1. The minimum absolute atomic E-state index is 0.00123. The Labute approximate surface area is 126 Å². The molecular weight excluding hydrogens is 268 g/mol. The average Bonchev–Trinajstić information content (AvgIpc) is 2.49. The molecule has 0 atom stereocenters. The molecule has 0 saturated carbocycles. The maximum atomic E-state index is 11.7. The van der Waals surface area contributed by atoms with Crippen molar-refractivity contribution < 1.29 is 14.8 Å². The zero-order chi connectivity index (χ0) is 15.9. The van der Waals surface area contributed by atoms with Crippen LogP contribution in [-0.4, -0.2) is 17.0 Å². The lowest BCUT2D eigenvalue weighted by Gasteiger charge is -2.05. The van der Waals surface area contributed by atoms with E-state index in [9.17, 15) is 9.59 Å². The smallest absolute Gasteiger partial charge is 0.243 e. The third-order valence-corrected chi connectivity index (χ3v) is 2.86. The van der Waals surface area contributed by atoms with Crippen molar-refractivity contribution in [2.45, 2.75) is 52.4 Å². The number of allylic oxidation sites excluding steroid dienone is 5. The van der Waals surface area contributed by atoms with Crippen LogP contribution in [-0.2, 0) is 9.59 Å². The average molecular weight is 294 g/mol. The summed E-state index contributed by atoms with van der Waals surface area (Å²) in [6.07, 6.45) is 13.5. The molecule has 0 spiro atoms. The lowest BCUT2D eigenvalue weighted by Crippen LogP contribution is -2.21. The second-order valence-electron chi connectivity index (χ2n) is 4.63. The summed E-state index contributed by atoms with van der Waals surface area (Å²) >= 11 is 0. The van der Waals surface area contributed by atoms with E-state index in [1.54, 1.807) is 5.48 Å². The number of amides is 2. The van der Waals surface area contributed by atoms with Crippen molar-refractivity contribution in [3.63, 3.8) is 0 Å². The van der Waals surface area contributed by atoms with Gasteiger partial charge in [0, 0.05) is 18.5 Å². The zero-order valence-electron chi connectivity index (χ0n) is 12.9. The molecule has 0 bridgehead atoms. The summed E-state index contributed by atoms with van der Waals surface area (Å²) < 4.78 is 0. The molecule has 0 aromatic heterocycles. The number of nitrogens with one attached hydrogen (secondary N) is 2. The van der Waals surface area contributed by atoms with Crippen molar-refractivity contribution in [2.24, 2.45) is 0 Å². The van der Waals surface area contributed by atoms with Crippen LogP contribution < -0.4 is 10.8 Å². The molecule has 0 radical (unpaired) electrons. The summed E-state index contributed by atoms with van der Waals surface area (Å²) in [4.78, 5) is 22.5. The monoisotopic (exact) mass is 294 g/mol. The molecule has 2 amide bonds. The number of hydroxylamine groups is 1. The van der Waals surface area contributed by atoms with Gasteiger partial charge in [-0.3, -0.25) is 14.8 Å². The molecule has 0 rings (SSSR count). The Bertz CT molecular complexity index is 398. The fourth-order valence-electron chi connectivity index (χ4n) is 1.68. The van der Waals surface area contributed by atoms with Gasteiger partial charge in [-0.25, -0.2) is 5.48 Å². The molecule has 0 aliphatic heterocycles. The molecule has 0 aliphatic rings. The highest BCUT2D eigenvalue weighted by Crippen LogP contribution is 2.06. The number of carbonyl (C=O) groups excluding carboxylic acids is 2. The number of hydrogen-bond acceptors (Lipinski definition) is 3. The van der Waals surface area contributed by atoms with Gasteiger partial charge in [0.15, 0.2) is 0 Å². The van der Waals surface area contributed by atoms with E-state index >= 15 is 0 Å². The van der Waals surface area contributed by atoms with Crippen molar-refractivity contribution in [1.82, 2.24) is 10.8 Å². The Kier molecular flexibility index (Phi) is 11.9. The van der Waals surface area contributed by atoms with E-state index in [0.29, 0.717) is 12.8 Å². The third kappa shape index (κ3) is 11.6. The molecule has 0 aliphatic carbocycles. The highest BCUT2D eigenvalue weighted by atomic mass is 16.5. The van der Waals surface area contributed by atoms with Gasteiger partial charge in [-0.2, -0.15) is 0 Å². The maximum Gasteiger partial charge on any atom is 0.243 e. The summed E-state index contributed by atoms with van der Waals surface area (Å²) in [6.45, 7) is 3.81. The number of rotatable bonds is 10. The van der Waals surface area contributed by atoms with E-state index in [4.69, 9.17) is 5.21 Å². The minimum atomic E-state index is -0.363. The van der Waals surface area contributed by atoms with E-state index < -0.39 is 0 Å². The van der Waals surface area contributed by atoms with E-state index in [0.717, 1.165) is 31.4 Å². The van der Waals surface area contributed by atoms with Gasteiger partial charge < -0.3 is 5.32 Å². The molecule has 0 fully saturated rings. The van der Waals surface area contributed by atoms with Crippen LogP contribution in [0.5, 0.6) is 0 Å². The van der Waals surface area contributed by atoms with Crippen LogP contribution in [0.4, 0.5) is 0 Å². The quantitative estimate of drug-likeness (QED) is 0.251. The summed E-state index contributed by atoms with van der Waals surface area (Å²) in [6, 6.07) is 0. The first-order valence-corrected chi connectivity index (χ1v) is 7.32. The van der Waals surface area contributed by atoms with E-state index in [2.05, 4.69) is 5.32 Å². The molecule has 0 aromatic carbocycles. The number of carbonyl (C=O) groups is 2. The Morgan fingerprint density at radius 1 is 0.952 bits per heavy atom. The van der Waals surface area contributed by atoms with E-state index in [1.165, 1.54) is 0 Å². The first kappa shape index (κ1) is 19.1. The van der Waals surface area contributed by atoms with Crippen LogP contribution in [0.2, 0.25) is 0 Å².